The van der Waals surface area contributed by atoms with Crippen molar-refractivity contribution in [2.24, 2.45) is 0 Å². The van der Waals surface area contributed by atoms with Gasteiger partial charge in [0.05, 0.1) is 26.4 Å². The lowest BCUT2D eigenvalue weighted by Crippen LogP contribution is -2.30. The van der Waals surface area contributed by atoms with Gasteiger partial charge in [0, 0.05) is 24.6 Å². The Morgan fingerprint density at radius 1 is 1.23 bits per heavy atom. The van der Waals surface area contributed by atoms with E-state index in [1.54, 1.807) is 44.3 Å². The van der Waals surface area contributed by atoms with Gasteiger partial charge in [-0.1, -0.05) is 6.07 Å². The number of ether oxygens (including phenoxy) is 3. The van der Waals surface area contributed by atoms with Crippen molar-refractivity contribution in [3.63, 3.8) is 0 Å². The van der Waals surface area contributed by atoms with Crippen LogP contribution in [0.3, 0.4) is 0 Å². The van der Waals surface area contributed by atoms with Crippen LogP contribution in [0.4, 0.5) is 0 Å². The molecule has 1 unspecified atom stereocenters. The van der Waals surface area contributed by atoms with E-state index in [-0.39, 0.29) is 11.3 Å². The predicted molar refractivity (Wildman–Crippen MR) is 101 cm³/mol. The molecule has 0 aliphatic carbocycles. The lowest BCUT2D eigenvalue weighted by atomic mass is 10.1. The highest BCUT2D eigenvalue weighted by atomic mass is 32.2. The van der Waals surface area contributed by atoms with Crippen LogP contribution in [0.25, 0.3) is 0 Å². The summed E-state index contributed by atoms with van der Waals surface area (Å²) >= 11 is 1.73. The average molecular weight is 374 g/mol. The first-order valence-corrected chi connectivity index (χ1v) is 9.46. The quantitative estimate of drug-likeness (QED) is 0.772. The van der Waals surface area contributed by atoms with Gasteiger partial charge in [-0.05, 0) is 30.7 Å². The molecule has 7 heteroatoms. The van der Waals surface area contributed by atoms with Crippen LogP contribution in [-0.4, -0.2) is 48.9 Å². The Labute approximate surface area is 157 Å². The van der Waals surface area contributed by atoms with Crippen molar-refractivity contribution in [2.45, 2.75) is 12.3 Å². The molecule has 6 nitrogen and oxygen atoms in total. The highest BCUT2D eigenvalue weighted by molar-refractivity contribution is 7.99. The Balaban J connectivity index is 1.82. The third kappa shape index (κ3) is 3.72. The molecule has 1 aliphatic heterocycles. The number of thioether (sulfide) groups is 1. The van der Waals surface area contributed by atoms with Gasteiger partial charge >= 0.3 is 0 Å². The molecule has 1 aliphatic rings. The summed E-state index contributed by atoms with van der Waals surface area (Å²) in [5.41, 5.74) is 1.57. The van der Waals surface area contributed by atoms with E-state index in [4.69, 9.17) is 14.2 Å². The Kier molecular flexibility index (Phi) is 5.88. The van der Waals surface area contributed by atoms with Crippen LogP contribution in [0.1, 0.15) is 28.2 Å². The molecule has 1 aromatic heterocycles. The maximum atomic E-state index is 13.0. The van der Waals surface area contributed by atoms with Gasteiger partial charge < -0.3 is 19.1 Å². The predicted octanol–water partition coefficient (Wildman–Crippen LogP) is 3.39. The largest absolute Gasteiger partial charge is 0.493 e. The van der Waals surface area contributed by atoms with Gasteiger partial charge in [0.15, 0.2) is 11.5 Å². The van der Waals surface area contributed by atoms with Gasteiger partial charge in [0.1, 0.15) is 5.37 Å². The second-order valence-corrected chi connectivity index (χ2v) is 6.84. The van der Waals surface area contributed by atoms with Crippen molar-refractivity contribution >= 4 is 17.7 Å². The molecule has 26 heavy (non-hydrogen) atoms. The van der Waals surface area contributed by atoms with Crippen molar-refractivity contribution in [3.05, 3.63) is 47.7 Å². The number of carbonyl (C=O) groups is 1. The summed E-state index contributed by atoms with van der Waals surface area (Å²) in [6.07, 6.45) is 1.57. The molecular weight excluding hydrogens is 352 g/mol. The summed E-state index contributed by atoms with van der Waals surface area (Å²) in [7, 11) is 3.22. The Bertz CT molecular complexity index is 767. The number of benzene rings is 1. The van der Waals surface area contributed by atoms with Crippen molar-refractivity contribution in [3.8, 4) is 17.4 Å². The van der Waals surface area contributed by atoms with Crippen LogP contribution in [-0.2, 0) is 0 Å². The van der Waals surface area contributed by atoms with E-state index in [1.165, 1.54) is 0 Å². The van der Waals surface area contributed by atoms with Crippen LogP contribution >= 0.6 is 11.8 Å². The first-order chi connectivity index (χ1) is 12.7. The molecule has 3 rings (SSSR count). The van der Waals surface area contributed by atoms with E-state index in [0.717, 1.165) is 11.3 Å². The zero-order chi connectivity index (χ0) is 18.5. The summed E-state index contributed by atoms with van der Waals surface area (Å²) in [6.45, 7) is 3.14. The summed E-state index contributed by atoms with van der Waals surface area (Å²) in [6, 6.07) is 9.26. The molecule has 0 bridgehead atoms. The van der Waals surface area contributed by atoms with Crippen molar-refractivity contribution in [1.82, 2.24) is 9.88 Å². The van der Waals surface area contributed by atoms with E-state index in [9.17, 15) is 4.79 Å². The van der Waals surface area contributed by atoms with Gasteiger partial charge in [-0.2, -0.15) is 0 Å². The van der Waals surface area contributed by atoms with Crippen molar-refractivity contribution in [1.29, 1.82) is 0 Å². The Hall–Kier alpha value is -2.41. The van der Waals surface area contributed by atoms with Gasteiger partial charge in [0.25, 0.3) is 5.91 Å². The fraction of sp³-hybridized carbons (Fsp3) is 0.368. The first kappa shape index (κ1) is 18.4. The molecular formula is C19H22N2O4S. The number of pyridine rings is 1. The Morgan fingerprint density at radius 2 is 2.04 bits per heavy atom. The minimum absolute atomic E-state index is 0.0367. The number of carbonyl (C=O) groups excluding carboxylic acids is 1. The number of amides is 1. The maximum absolute atomic E-state index is 13.0. The molecule has 0 N–H and O–H groups in total. The van der Waals surface area contributed by atoms with E-state index in [2.05, 4.69) is 4.98 Å². The lowest BCUT2D eigenvalue weighted by molar-refractivity contribution is 0.0759. The van der Waals surface area contributed by atoms with E-state index < -0.39 is 0 Å². The van der Waals surface area contributed by atoms with Crippen LogP contribution < -0.4 is 14.2 Å². The fourth-order valence-electron chi connectivity index (χ4n) is 2.87. The summed E-state index contributed by atoms with van der Waals surface area (Å²) < 4.78 is 16.0. The monoisotopic (exact) mass is 374 g/mol. The van der Waals surface area contributed by atoms with E-state index in [0.29, 0.717) is 36.1 Å². The zero-order valence-corrected chi connectivity index (χ0v) is 15.9. The normalized spacial score (nSPS) is 16.4. The number of hydrogen-bond acceptors (Lipinski definition) is 6. The zero-order valence-electron chi connectivity index (χ0n) is 15.1. The van der Waals surface area contributed by atoms with Crippen molar-refractivity contribution < 1.29 is 19.0 Å². The highest BCUT2D eigenvalue weighted by Crippen LogP contribution is 2.41. The molecule has 1 saturated heterocycles. The molecule has 1 amide bonds. The third-order valence-corrected chi connectivity index (χ3v) is 5.38. The smallest absolute Gasteiger partial charge is 0.256 e. The number of hydrogen-bond donors (Lipinski definition) is 0. The second kappa shape index (κ2) is 8.31. The van der Waals surface area contributed by atoms with Crippen LogP contribution in [0.15, 0.2) is 36.5 Å². The van der Waals surface area contributed by atoms with Gasteiger partial charge in [0.2, 0.25) is 5.88 Å². The number of aromatic nitrogens is 1. The number of rotatable bonds is 6. The number of nitrogens with zero attached hydrogens (tertiary/aromatic N) is 2. The number of methoxy groups -OCH3 is 2. The van der Waals surface area contributed by atoms with E-state index >= 15 is 0 Å². The molecule has 1 fully saturated rings. The van der Waals surface area contributed by atoms with Crippen molar-refractivity contribution in [2.75, 3.05) is 33.1 Å². The highest BCUT2D eigenvalue weighted by Gasteiger charge is 2.32. The molecule has 0 saturated carbocycles. The van der Waals surface area contributed by atoms with Crippen LogP contribution in [0.2, 0.25) is 0 Å². The maximum Gasteiger partial charge on any atom is 0.256 e. The van der Waals surface area contributed by atoms with Crippen LogP contribution in [0, 0.1) is 0 Å². The lowest BCUT2D eigenvalue weighted by Gasteiger charge is -2.24. The van der Waals surface area contributed by atoms with Gasteiger partial charge in [-0.3, -0.25) is 4.79 Å². The molecule has 1 aromatic carbocycles. The van der Waals surface area contributed by atoms with Crippen LogP contribution in [0.5, 0.6) is 17.4 Å². The summed E-state index contributed by atoms with van der Waals surface area (Å²) in [5, 5.41) is -0.0612. The average Bonchev–Trinajstić information content (AvgIpc) is 3.17. The Morgan fingerprint density at radius 3 is 2.69 bits per heavy atom. The minimum atomic E-state index is -0.0612. The molecule has 138 valence electrons. The second-order valence-electron chi connectivity index (χ2n) is 5.65. The third-order valence-electron chi connectivity index (χ3n) is 4.12. The van der Waals surface area contributed by atoms with Gasteiger partial charge in [-0.15, -0.1) is 11.8 Å². The molecule has 0 radical (unpaired) electrons. The topological polar surface area (TPSA) is 60.9 Å². The molecule has 2 aromatic rings. The molecule has 1 atom stereocenters. The SMILES string of the molecule is CCOc1ccc(C(=O)N2CCSC2c2ccc(OC)c(OC)c2)cn1. The standard InChI is InChI=1S/C19H22N2O4S/c1-4-25-17-8-6-14(12-20-17)18(22)21-9-10-26-19(21)13-5-7-15(23-2)16(11-13)24-3/h5-8,11-12,19H,4,9-10H2,1-3H3. The fourth-order valence-corrected chi connectivity index (χ4v) is 4.11. The first-order valence-electron chi connectivity index (χ1n) is 8.41. The summed E-state index contributed by atoms with van der Waals surface area (Å²) in [4.78, 5) is 19.0. The molecule has 0 spiro atoms. The summed E-state index contributed by atoms with van der Waals surface area (Å²) in [5.74, 6) is 2.71. The van der Waals surface area contributed by atoms with E-state index in [1.807, 2.05) is 30.0 Å². The molecule has 2 heterocycles. The van der Waals surface area contributed by atoms with Gasteiger partial charge in [-0.25, -0.2) is 4.98 Å². The minimum Gasteiger partial charge on any atom is -0.493 e.